The van der Waals surface area contributed by atoms with Crippen molar-refractivity contribution in [3.05, 3.63) is 60.1 Å². The van der Waals surface area contributed by atoms with E-state index < -0.39 is 0 Å². The van der Waals surface area contributed by atoms with Crippen LogP contribution >= 0.6 is 0 Å². The average molecular weight is 364 g/mol. The summed E-state index contributed by atoms with van der Waals surface area (Å²) in [5.41, 5.74) is 2.42. The Morgan fingerprint density at radius 2 is 1.89 bits per heavy atom. The minimum absolute atomic E-state index is 0.0516. The van der Waals surface area contributed by atoms with Crippen molar-refractivity contribution >= 4 is 5.91 Å². The summed E-state index contributed by atoms with van der Waals surface area (Å²) in [6.45, 7) is 5.37. The molecular formula is C19H20N6O2. The highest BCUT2D eigenvalue weighted by Gasteiger charge is 2.23. The molecule has 1 aromatic carbocycles. The highest BCUT2D eigenvalue weighted by Crippen LogP contribution is 2.17. The monoisotopic (exact) mass is 364 g/mol. The Morgan fingerprint density at radius 1 is 1.11 bits per heavy atom. The number of rotatable bonds is 4. The van der Waals surface area contributed by atoms with E-state index in [9.17, 15) is 4.79 Å². The topological polar surface area (TPSA) is 88.3 Å². The second-order valence-corrected chi connectivity index (χ2v) is 6.47. The van der Waals surface area contributed by atoms with Crippen LogP contribution in [0.1, 0.15) is 22.1 Å². The van der Waals surface area contributed by atoms with Crippen LogP contribution in [0.3, 0.4) is 0 Å². The number of benzene rings is 1. The lowest BCUT2D eigenvalue weighted by molar-refractivity contribution is 0.0624. The Labute approximate surface area is 156 Å². The fraction of sp³-hybridized carbons (Fsp3) is 0.316. The summed E-state index contributed by atoms with van der Waals surface area (Å²) in [4.78, 5) is 29.4. The van der Waals surface area contributed by atoms with Gasteiger partial charge in [-0.15, -0.1) is 0 Å². The minimum Gasteiger partial charge on any atom is -0.340 e. The Balaban J connectivity index is 1.35. The molecule has 8 heteroatoms. The molecule has 4 rings (SSSR count). The summed E-state index contributed by atoms with van der Waals surface area (Å²) in [5.74, 6) is 1.31. The van der Waals surface area contributed by atoms with Crippen LogP contribution in [0.15, 0.2) is 47.4 Å². The van der Waals surface area contributed by atoms with E-state index in [4.69, 9.17) is 4.52 Å². The molecular weight excluding hydrogens is 344 g/mol. The Kier molecular flexibility index (Phi) is 4.88. The number of hydrogen-bond donors (Lipinski definition) is 0. The van der Waals surface area contributed by atoms with Crippen molar-refractivity contribution in [2.75, 3.05) is 26.2 Å². The molecule has 0 aliphatic carbocycles. The molecule has 0 bridgehead atoms. The lowest BCUT2D eigenvalue weighted by atomic mass is 10.1. The highest BCUT2D eigenvalue weighted by atomic mass is 16.5. The van der Waals surface area contributed by atoms with E-state index in [1.165, 1.54) is 0 Å². The van der Waals surface area contributed by atoms with E-state index in [1.54, 1.807) is 25.5 Å². The van der Waals surface area contributed by atoms with Gasteiger partial charge in [0.2, 0.25) is 5.89 Å². The minimum atomic E-state index is 0.0516. The van der Waals surface area contributed by atoms with Gasteiger partial charge in [0.05, 0.1) is 18.4 Å². The summed E-state index contributed by atoms with van der Waals surface area (Å²) in [6, 6.07) is 7.51. The molecule has 27 heavy (non-hydrogen) atoms. The van der Waals surface area contributed by atoms with Crippen LogP contribution in [-0.4, -0.2) is 62.0 Å². The molecule has 3 aromatic rings. The van der Waals surface area contributed by atoms with Crippen LogP contribution in [0.2, 0.25) is 0 Å². The van der Waals surface area contributed by atoms with Crippen LogP contribution in [0.4, 0.5) is 0 Å². The molecule has 0 spiro atoms. The van der Waals surface area contributed by atoms with E-state index >= 15 is 0 Å². The predicted octanol–water partition coefficient (Wildman–Crippen LogP) is 1.79. The third kappa shape index (κ3) is 4.01. The van der Waals surface area contributed by atoms with E-state index in [1.807, 2.05) is 29.2 Å². The molecule has 1 saturated heterocycles. The number of nitrogens with zero attached hydrogens (tertiary/aromatic N) is 6. The fourth-order valence-electron chi connectivity index (χ4n) is 3.13. The van der Waals surface area contributed by atoms with Crippen molar-refractivity contribution in [1.82, 2.24) is 29.9 Å². The van der Waals surface area contributed by atoms with E-state index in [-0.39, 0.29) is 5.91 Å². The third-order valence-electron chi connectivity index (χ3n) is 4.58. The summed E-state index contributed by atoms with van der Waals surface area (Å²) < 4.78 is 5.00. The number of aryl methyl sites for hydroxylation is 1. The van der Waals surface area contributed by atoms with Gasteiger partial charge in [-0.1, -0.05) is 17.3 Å². The van der Waals surface area contributed by atoms with Crippen LogP contribution < -0.4 is 0 Å². The quantitative estimate of drug-likeness (QED) is 0.697. The molecule has 0 saturated carbocycles. The first kappa shape index (κ1) is 17.3. The standard InChI is InChI=1S/C19H20N6O2/c1-14-22-18(23-27-14)13-24-8-10-25(11-9-24)19(26)16-4-2-15(3-5-16)17-12-20-6-7-21-17/h2-7,12H,8-11,13H2,1H3. The molecule has 3 heterocycles. The fourth-order valence-corrected chi connectivity index (χ4v) is 3.13. The average Bonchev–Trinajstić information content (AvgIpc) is 3.13. The van der Waals surface area contributed by atoms with Crippen molar-refractivity contribution < 1.29 is 9.32 Å². The number of hydrogen-bond acceptors (Lipinski definition) is 7. The van der Waals surface area contributed by atoms with Gasteiger partial charge >= 0.3 is 0 Å². The van der Waals surface area contributed by atoms with Crippen molar-refractivity contribution in [3.8, 4) is 11.3 Å². The first-order valence-corrected chi connectivity index (χ1v) is 8.86. The first-order valence-electron chi connectivity index (χ1n) is 8.86. The van der Waals surface area contributed by atoms with Crippen LogP contribution in [0, 0.1) is 6.92 Å². The summed E-state index contributed by atoms with van der Waals surface area (Å²) in [6.07, 6.45) is 5.01. The molecule has 1 amide bonds. The molecule has 1 aliphatic heterocycles. The zero-order valence-electron chi connectivity index (χ0n) is 15.1. The van der Waals surface area contributed by atoms with Gasteiger partial charge in [0.25, 0.3) is 5.91 Å². The number of amides is 1. The van der Waals surface area contributed by atoms with Crippen LogP contribution in [0.25, 0.3) is 11.3 Å². The maximum absolute atomic E-state index is 12.8. The van der Waals surface area contributed by atoms with Gasteiger partial charge < -0.3 is 9.42 Å². The van der Waals surface area contributed by atoms with Crippen molar-refractivity contribution in [3.63, 3.8) is 0 Å². The Hall–Kier alpha value is -3.13. The molecule has 0 atom stereocenters. The van der Waals surface area contributed by atoms with Crippen LogP contribution in [-0.2, 0) is 6.54 Å². The van der Waals surface area contributed by atoms with E-state index in [0.29, 0.717) is 36.9 Å². The normalized spacial score (nSPS) is 15.1. The summed E-state index contributed by atoms with van der Waals surface area (Å²) in [5, 5.41) is 3.93. The molecule has 0 N–H and O–H groups in total. The van der Waals surface area contributed by atoms with Gasteiger partial charge in [-0.3, -0.25) is 19.7 Å². The van der Waals surface area contributed by atoms with Crippen molar-refractivity contribution in [2.24, 2.45) is 0 Å². The lowest BCUT2D eigenvalue weighted by Gasteiger charge is -2.34. The van der Waals surface area contributed by atoms with Gasteiger partial charge in [-0.2, -0.15) is 4.98 Å². The Morgan fingerprint density at radius 3 is 2.52 bits per heavy atom. The number of carbonyl (C=O) groups is 1. The molecule has 0 radical (unpaired) electrons. The van der Waals surface area contributed by atoms with Gasteiger partial charge in [-0.05, 0) is 12.1 Å². The Bertz CT molecular complexity index is 901. The smallest absolute Gasteiger partial charge is 0.253 e. The second-order valence-electron chi connectivity index (χ2n) is 6.47. The van der Waals surface area contributed by atoms with Gasteiger partial charge in [0.1, 0.15) is 0 Å². The van der Waals surface area contributed by atoms with Gasteiger partial charge in [0.15, 0.2) is 5.82 Å². The third-order valence-corrected chi connectivity index (χ3v) is 4.58. The zero-order valence-corrected chi connectivity index (χ0v) is 15.1. The van der Waals surface area contributed by atoms with E-state index in [2.05, 4.69) is 25.0 Å². The SMILES string of the molecule is Cc1nc(CN2CCN(C(=O)c3ccc(-c4cnccn4)cc3)CC2)no1. The lowest BCUT2D eigenvalue weighted by Crippen LogP contribution is -2.48. The van der Waals surface area contributed by atoms with Crippen molar-refractivity contribution in [1.29, 1.82) is 0 Å². The molecule has 138 valence electrons. The van der Waals surface area contributed by atoms with Gasteiger partial charge in [-0.25, -0.2) is 0 Å². The van der Waals surface area contributed by atoms with Gasteiger partial charge in [0, 0.05) is 56.6 Å². The molecule has 8 nitrogen and oxygen atoms in total. The number of piperazine rings is 1. The number of carbonyl (C=O) groups excluding carboxylic acids is 1. The zero-order chi connectivity index (χ0) is 18.6. The molecule has 1 fully saturated rings. The number of aromatic nitrogens is 4. The molecule has 1 aliphatic rings. The maximum Gasteiger partial charge on any atom is 0.253 e. The summed E-state index contributed by atoms with van der Waals surface area (Å²) in [7, 11) is 0. The van der Waals surface area contributed by atoms with Crippen molar-refractivity contribution in [2.45, 2.75) is 13.5 Å². The molecule has 0 unspecified atom stereocenters. The van der Waals surface area contributed by atoms with E-state index in [0.717, 1.165) is 24.3 Å². The molecule has 2 aromatic heterocycles. The summed E-state index contributed by atoms with van der Waals surface area (Å²) >= 11 is 0. The maximum atomic E-state index is 12.8. The second kappa shape index (κ2) is 7.63. The predicted molar refractivity (Wildman–Crippen MR) is 97.7 cm³/mol. The highest BCUT2D eigenvalue weighted by molar-refractivity contribution is 5.94. The largest absolute Gasteiger partial charge is 0.340 e. The van der Waals surface area contributed by atoms with Crippen LogP contribution in [0.5, 0.6) is 0 Å². The first-order chi connectivity index (χ1) is 13.2.